The van der Waals surface area contributed by atoms with Crippen molar-refractivity contribution in [1.82, 2.24) is 5.32 Å². The van der Waals surface area contributed by atoms with Crippen molar-refractivity contribution in [2.75, 3.05) is 7.11 Å². The van der Waals surface area contributed by atoms with Gasteiger partial charge in [-0.1, -0.05) is 24.3 Å². The number of carbonyl (C=O) groups is 2. The highest BCUT2D eigenvalue weighted by atomic mass is 16.5. The second-order valence-corrected chi connectivity index (χ2v) is 3.72. The first kappa shape index (κ1) is 13.0. The van der Waals surface area contributed by atoms with Gasteiger partial charge in [-0.2, -0.15) is 0 Å². The van der Waals surface area contributed by atoms with E-state index in [4.69, 9.17) is 0 Å². The van der Waals surface area contributed by atoms with Gasteiger partial charge in [-0.3, -0.25) is 4.79 Å². The zero-order valence-corrected chi connectivity index (χ0v) is 9.90. The normalized spacial score (nSPS) is 13.3. The lowest BCUT2D eigenvalue weighted by Gasteiger charge is -2.24. The predicted octanol–water partition coefficient (Wildman–Crippen LogP) is 1.53. The van der Waals surface area contributed by atoms with E-state index in [2.05, 4.69) is 16.6 Å². The third-order valence-electron chi connectivity index (χ3n) is 2.43. The summed E-state index contributed by atoms with van der Waals surface area (Å²) in [5, 5.41) is 2.58. The van der Waals surface area contributed by atoms with Crippen LogP contribution in [0.5, 0.6) is 0 Å². The molecule has 4 nitrogen and oxygen atoms in total. The molecule has 1 atom stereocenters. The van der Waals surface area contributed by atoms with Gasteiger partial charge >= 0.3 is 5.97 Å². The third kappa shape index (κ3) is 2.93. The molecule has 0 aromatic heterocycles. The van der Waals surface area contributed by atoms with Crippen molar-refractivity contribution in [3.63, 3.8) is 0 Å². The highest BCUT2D eigenvalue weighted by Gasteiger charge is 2.32. The van der Waals surface area contributed by atoms with E-state index in [0.717, 1.165) is 0 Å². The van der Waals surface area contributed by atoms with Gasteiger partial charge in [0.25, 0.3) is 5.91 Å². The molecule has 4 heteroatoms. The number of nitrogens with one attached hydrogen (secondary N) is 1. The number of carbonyl (C=O) groups excluding carboxylic acids is 2. The fourth-order valence-corrected chi connectivity index (χ4v) is 1.29. The van der Waals surface area contributed by atoms with Crippen molar-refractivity contribution >= 4 is 11.9 Å². The first-order valence-corrected chi connectivity index (χ1v) is 5.13. The van der Waals surface area contributed by atoms with E-state index >= 15 is 0 Å². The lowest BCUT2D eigenvalue weighted by molar-refractivity contribution is -0.145. The maximum atomic E-state index is 11.9. The average molecular weight is 233 g/mol. The van der Waals surface area contributed by atoms with Crippen LogP contribution >= 0.6 is 0 Å². The van der Waals surface area contributed by atoms with Gasteiger partial charge in [-0.25, -0.2) is 4.79 Å². The Balaban J connectivity index is 2.87. The molecule has 0 aliphatic rings. The van der Waals surface area contributed by atoms with E-state index in [9.17, 15) is 9.59 Å². The van der Waals surface area contributed by atoms with Crippen LogP contribution in [0.25, 0.3) is 0 Å². The molecule has 0 aliphatic heterocycles. The third-order valence-corrected chi connectivity index (χ3v) is 2.43. The van der Waals surface area contributed by atoms with Crippen molar-refractivity contribution in [2.45, 2.75) is 12.5 Å². The van der Waals surface area contributed by atoms with E-state index in [1.165, 1.54) is 20.1 Å². The summed E-state index contributed by atoms with van der Waals surface area (Å²) >= 11 is 0. The topological polar surface area (TPSA) is 55.4 Å². The van der Waals surface area contributed by atoms with Crippen LogP contribution in [0.15, 0.2) is 43.0 Å². The number of methoxy groups -OCH3 is 1. The molecule has 1 rings (SSSR count). The summed E-state index contributed by atoms with van der Waals surface area (Å²) in [7, 11) is 1.26. The molecular weight excluding hydrogens is 218 g/mol. The van der Waals surface area contributed by atoms with Crippen LogP contribution in [0.3, 0.4) is 0 Å². The minimum absolute atomic E-state index is 0.349. The Hall–Kier alpha value is -2.10. The van der Waals surface area contributed by atoms with E-state index in [-0.39, 0.29) is 5.91 Å². The summed E-state index contributed by atoms with van der Waals surface area (Å²) in [6.45, 7) is 5.07. The van der Waals surface area contributed by atoms with E-state index in [1.54, 1.807) is 24.3 Å². The van der Waals surface area contributed by atoms with E-state index in [0.29, 0.717) is 5.56 Å². The Labute approximate surface area is 100 Å². The lowest BCUT2D eigenvalue weighted by atomic mass is 10.0. The van der Waals surface area contributed by atoms with Gasteiger partial charge in [-0.15, -0.1) is 6.58 Å². The number of ether oxygens (including phenoxy) is 1. The van der Waals surface area contributed by atoms with Gasteiger partial charge in [0.15, 0.2) is 5.54 Å². The highest BCUT2D eigenvalue weighted by Crippen LogP contribution is 2.09. The van der Waals surface area contributed by atoms with Gasteiger partial charge in [0.1, 0.15) is 0 Å². The summed E-state index contributed by atoms with van der Waals surface area (Å²) in [6, 6.07) is 8.63. The lowest BCUT2D eigenvalue weighted by Crippen LogP contribution is -2.51. The fourth-order valence-electron chi connectivity index (χ4n) is 1.29. The van der Waals surface area contributed by atoms with Crippen molar-refractivity contribution in [2.24, 2.45) is 0 Å². The molecular formula is C13H15NO3. The van der Waals surface area contributed by atoms with Gasteiger partial charge in [0.05, 0.1) is 7.11 Å². The van der Waals surface area contributed by atoms with Crippen molar-refractivity contribution in [3.05, 3.63) is 48.6 Å². The summed E-state index contributed by atoms with van der Waals surface area (Å²) in [4.78, 5) is 23.4. The summed E-state index contributed by atoms with van der Waals surface area (Å²) in [6.07, 6.45) is 1.35. The second-order valence-electron chi connectivity index (χ2n) is 3.72. The van der Waals surface area contributed by atoms with E-state index in [1.807, 2.05) is 6.07 Å². The van der Waals surface area contributed by atoms with Crippen molar-refractivity contribution < 1.29 is 14.3 Å². The molecule has 0 saturated heterocycles. The molecule has 17 heavy (non-hydrogen) atoms. The number of rotatable bonds is 4. The molecule has 0 heterocycles. The largest absolute Gasteiger partial charge is 0.467 e. The zero-order chi connectivity index (χ0) is 12.9. The van der Waals surface area contributed by atoms with Crippen LogP contribution in [0.2, 0.25) is 0 Å². The molecule has 0 spiro atoms. The van der Waals surface area contributed by atoms with Crippen LogP contribution in [0, 0.1) is 0 Å². The maximum Gasteiger partial charge on any atom is 0.335 e. The molecule has 0 radical (unpaired) electrons. The standard InChI is InChI=1S/C13H15NO3/c1-4-13(2,12(16)17-3)14-11(15)10-8-6-5-7-9-10/h4-9H,1H2,2-3H3,(H,14,15)/t13-/m1/s1. The molecule has 1 aromatic rings. The summed E-state index contributed by atoms with van der Waals surface area (Å²) < 4.78 is 4.62. The first-order chi connectivity index (χ1) is 8.03. The molecule has 0 aliphatic carbocycles. The highest BCUT2D eigenvalue weighted by molar-refractivity contribution is 5.98. The number of hydrogen-bond acceptors (Lipinski definition) is 3. The Bertz CT molecular complexity index is 428. The van der Waals surface area contributed by atoms with Gasteiger partial charge in [-0.05, 0) is 19.1 Å². The zero-order valence-electron chi connectivity index (χ0n) is 9.90. The molecule has 1 aromatic carbocycles. The first-order valence-electron chi connectivity index (χ1n) is 5.13. The molecule has 1 N–H and O–H groups in total. The van der Waals surface area contributed by atoms with Gasteiger partial charge in [0, 0.05) is 5.56 Å². The van der Waals surface area contributed by atoms with Gasteiger partial charge in [0.2, 0.25) is 0 Å². The quantitative estimate of drug-likeness (QED) is 0.634. The number of esters is 1. The SMILES string of the molecule is C=C[C@@](C)(NC(=O)c1ccccc1)C(=O)OC. The number of amides is 1. The molecule has 0 bridgehead atoms. The fraction of sp³-hybridized carbons (Fsp3) is 0.231. The Morgan fingerprint density at radius 2 is 1.94 bits per heavy atom. The Kier molecular flexibility index (Phi) is 4.04. The van der Waals surface area contributed by atoms with Crippen molar-refractivity contribution in [1.29, 1.82) is 0 Å². The van der Waals surface area contributed by atoms with Crippen LogP contribution in [0.4, 0.5) is 0 Å². The van der Waals surface area contributed by atoms with Crippen LogP contribution in [-0.4, -0.2) is 24.5 Å². The summed E-state index contributed by atoms with van der Waals surface area (Å²) in [5.41, 5.74) is -0.744. The molecule has 90 valence electrons. The Morgan fingerprint density at radius 1 is 1.35 bits per heavy atom. The van der Waals surface area contributed by atoms with Crippen LogP contribution in [-0.2, 0) is 9.53 Å². The van der Waals surface area contributed by atoms with Crippen LogP contribution < -0.4 is 5.32 Å². The predicted molar refractivity (Wildman–Crippen MR) is 64.5 cm³/mol. The average Bonchev–Trinajstić information content (AvgIpc) is 2.38. The number of benzene rings is 1. The summed E-state index contributed by atoms with van der Waals surface area (Å²) in [5.74, 6) is -0.907. The molecule has 1 amide bonds. The van der Waals surface area contributed by atoms with Crippen LogP contribution in [0.1, 0.15) is 17.3 Å². The minimum Gasteiger partial charge on any atom is -0.467 e. The monoisotopic (exact) mass is 233 g/mol. The molecule has 0 saturated carbocycles. The molecule has 0 unspecified atom stereocenters. The number of hydrogen-bond donors (Lipinski definition) is 1. The van der Waals surface area contributed by atoms with E-state index < -0.39 is 11.5 Å². The minimum atomic E-state index is -1.22. The van der Waals surface area contributed by atoms with Gasteiger partial charge < -0.3 is 10.1 Å². The molecule has 0 fully saturated rings. The Morgan fingerprint density at radius 3 is 2.41 bits per heavy atom. The maximum absolute atomic E-state index is 11.9. The van der Waals surface area contributed by atoms with Crippen molar-refractivity contribution in [3.8, 4) is 0 Å². The second kappa shape index (κ2) is 5.30. The smallest absolute Gasteiger partial charge is 0.335 e.